The molecule has 4 heteroatoms. The summed E-state index contributed by atoms with van der Waals surface area (Å²) in [5.41, 5.74) is 3.47. The summed E-state index contributed by atoms with van der Waals surface area (Å²) in [6, 6.07) is 11.7. The largest absolute Gasteiger partial charge is 0.455 e. The minimum absolute atomic E-state index is 0.0135. The predicted molar refractivity (Wildman–Crippen MR) is 75.3 cm³/mol. The molecule has 20 heavy (non-hydrogen) atoms. The highest BCUT2D eigenvalue weighted by Crippen LogP contribution is 2.33. The zero-order valence-electron chi connectivity index (χ0n) is 10.9. The molecule has 3 rings (SSSR count). The van der Waals surface area contributed by atoms with Gasteiger partial charge in [-0.1, -0.05) is 36.4 Å². The molecular formula is C16H15FO3. The van der Waals surface area contributed by atoms with Crippen LogP contribution in [0.1, 0.15) is 11.1 Å². The molecule has 3 nitrogen and oxygen atoms in total. The third kappa shape index (κ3) is 2.17. The number of rotatable bonds is 5. The van der Waals surface area contributed by atoms with Crippen molar-refractivity contribution in [2.45, 2.75) is 12.8 Å². The van der Waals surface area contributed by atoms with Crippen molar-refractivity contribution in [2.24, 2.45) is 0 Å². The Balaban J connectivity index is 2.21. The number of halogens is 1. The first kappa shape index (κ1) is 13.1. The van der Waals surface area contributed by atoms with Crippen molar-refractivity contribution >= 4 is 21.9 Å². The van der Waals surface area contributed by atoms with Gasteiger partial charge in [0.2, 0.25) is 0 Å². The second-order valence-corrected chi connectivity index (χ2v) is 4.73. The Morgan fingerprint density at radius 3 is 2.10 bits per heavy atom. The van der Waals surface area contributed by atoms with Crippen LogP contribution in [-0.2, 0) is 17.8 Å². The van der Waals surface area contributed by atoms with Crippen LogP contribution in [-0.4, -0.2) is 18.3 Å². The molecule has 3 aromatic rings. The monoisotopic (exact) mass is 274 g/mol. The lowest BCUT2D eigenvalue weighted by Crippen LogP contribution is -1.92. The molecule has 0 fully saturated rings. The molecule has 0 radical (unpaired) electrons. The molecule has 1 heterocycles. The lowest BCUT2D eigenvalue weighted by Gasteiger charge is -1.99. The van der Waals surface area contributed by atoms with E-state index in [1.165, 1.54) is 0 Å². The van der Waals surface area contributed by atoms with Gasteiger partial charge in [-0.15, -0.1) is 0 Å². The van der Waals surface area contributed by atoms with Crippen molar-refractivity contribution in [1.82, 2.24) is 0 Å². The van der Waals surface area contributed by atoms with Gasteiger partial charge in [-0.05, 0) is 22.1 Å². The van der Waals surface area contributed by atoms with E-state index in [0.717, 1.165) is 33.1 Å². The first-order chi connectivity index (χ1) is 9.85. The molecule has 0 spiro atoms. The van der Waals surface area contributed by atoms with Gasteiger partial charge in [0.15, 0.2) is 0 Å². The Bertz CT molecular complexity index is 733. The van der Waals surface area contributed by atoms with Crippen LogP contribution in [0.2, 0.25) is 0 Å². The number of aliphatic hydroxyl groups is 1. The highest BCUT2D eigenvalue weighted by molar-refractivity contribution is 6.06. The van der Waals surface area contributed by atoms with E-state index >= 15 is 0 Å². The summed E-state index contributed by atoms with van der Waals surface area (Å²) in [6.45, 7) is 0.0956. The van der Waals surface area contributed by atoms with Gasteiger partial charge in [-0.2, -0.15) is 4.94 Å². The number of para-hydroxylation sites is 2. The Hall–Kier alpha value is -1.91. The third-order valence-electron chi connectivity index (χ3n) is 3.52. The average Bonchev–Trinajstić information content (AvgIpc) is 2.86. The van der Waals surface area contributed by atoms with E-state index in [-0.39, 0.29) is 13.2 Å². The summed E-state index contributed by atoms with van der Waals surface area (Å²) >= 11 is 0. The fraction of sp³-hybridized carbons (Fsp3) is 0.250. The molecule has 0 aliphatic rings. The molecule has 0 atom stereocenters. The van der Waals surface area contributed by atoms with E-state index in [0.29, 0.717) is 12.8 Å². The lowest BCUT2D eigenvalue weighted by atomic mass is 10.0. The van der Waals surface area contributed by atoms with Gasteiger partial charge in [-0.25, -0.2) is 0 Å². The first-order valence-electron chi connectivity index (χ1n) is 6.61. The molecule has 0 saturated carbocycles. The minimum Gasteiger partial charge on any atom is -0.455 e. The van der Waals surface area contributed by atoms with Gasteiger partial charge in [-0.3, -0.25) is 0 Å². The molecule has 0 saturated heterocycles. The van der Waals surface area contributed by atoms with Gasteiger partial charge < -0.3 is 9.52 Å². The SMILES string of the molecule is OCCc1cccc2c1oc1c(CCOF)cccc12. The normalized spacial score (nSPS) is 11.5. The van der Waals surface area contributed by atoms with E-state index in [2.05, 4.69) is 4.94 Å². The molecule has 104 valence electrons. The van der Waals surface area contributed by atoms with Gasteiger partial charge in [0.1, 0.15) is 11.2 Å². The van der Waals surface area contributed by atoms with E-state index in [4.69, 9.17) is 9.52 Å². The zero-order valence-corrected chi connectivity index (χ0v) is 10.9. The van der Waals surface area contributed by atoms with E-state index < -0.39 is 0 Å². The van der Waals surface area contributed by atoms with Gasteiger partial charge >= 0.3 is 0 Å². The molecule has 2 aromatic carbocycles. The summed E-state index contributed by atoms with van der Waals surface area (Å²) in [6.07, 6.45) is 1.02. The van der Waals surface area contributed by atoms with E-state index in [9.17, 15) is 4.53 Å². The van der Waals surface area contributed by atoms with Crippen molar-refractivity contribution in [2.75, 3.05) is 13.2 Å². The van der Waals surface area contributed by atoms with Crippen LogP contribution in [0.15, 0.2) is 40.8 Å². The Labute approximate surface area is 115 Å². The number of hydrogen-bond acceptors (Lipinski definition) is 3. The maximum atomic E-state index is 11.9. The molecule has 0 aliphatic heterocycles. The summed E-state index contributed by atoms with van der Waals surface area (Å²) in [5.74, 6) is 0. The number of fused-ring (bicyclic) bond motifs is 3. The van der Waals surface area contributed by atoms with Crippen LogP contribution in [0, 0.1) is 0 Å². The standard InChI is InChI=1S/C16H15FO3/c17-19-10-8-12-4-2-6-14-13-5-1-3-11(7-9-18)15(13)20-16(12)14/h1-6,18H,7-10H2. The summed E-state index contributed by atoms with van der Waals surface area (Å²) in [7, 11) is 0. The van der Waals surface area contributed by atoms with Crippen molar-refractivity contribution < 1.29 is 19.0 Å². The van der Waals surface area contributed by atoms with Gasteiger partial charge in [0.05, 0.1) is 6.61 Å². The van der Waals surface area contributed by atoms with Crippen molar-refractivity contribution in [3.63, 3.8) is 0 Å². The minimum atomic E-state index is 0.0135. The number of hydrogen-bond donors (Lipinski definition) is 1. The third-order valence-corrected chi connectivity index (χ3v) is 3.52. The second kappa shape index (κ2) is 5.61. The molecule has 1 aromatic heterocycles. The van der Waals surface area contributed by atoms with E-state index in [1.54, 1.807) is 0 Å². The van der Waals surface area contributed by atoms with Crippen LogP contribution in [0.25, 0.3) is 21.9 Å². The molecule has 0 unspecified atom stereocenters. The number of benzene rings is 2. The fourth-order valence-corrected chi connectivity index (χ4v) is 2.60. The predicted octanol–water partition coefficient (Wildman–Crippen LogP) is 3.56. The number of furan rings is 1. The zero-order chi connectivity index (χ0) is 13.9. The molecule has 1 N–H and O–H groups in total. The smallest absolute Gasteiger partial charge is 0.138 e. The van der Waals surface area contributed by atoms with Crippen LogP contribution < -0.4 is 0 Å². The molecular weight excluding hydrogens is 259 g/mol. The summed E-state index contributed by atoms with van der Waals surface area (Å²) in [5, 5.41) is 11.2. The second-order valence-electron chi connectivity index (χ2n) is 4.73. The number of aliphatic hydroxyl groups excluding tert-OH is 1. The molecule has 0 amide bonds. The Morgan fingerprint density at radius 1 is 0.950 bits per heavy atom. The van der Waals surface area contributed by atoms with Crippen molar-refractivity contribution in [1.29, 1.82) is 0 Å². The van der Waals surface area contributed by atoms with Crippen LogP contribution in [0.5, 0.6) is 0 Å². The van der Waals surface area contributed by atoms with Crippen LogP contribution in [0.4, 0.5) is 4.53 Å². The molecule has 0 bridgehead atoms. The average molecular weight is 274 g/mol. The molecule has 0 aliphatic carbocycles. The Kier molecular flexibility index (Phi) is 3.67. The van der Waals surface area contributed by atoms with Crippen molar-refractivity contribution in [3.05, 3.63) is 47.5 Å². The summed E-state index contributed by atoms with van der Waals surface area (Å²) < 4.78 is 17.9. The van der Waals surface area contributed by atoms with Crippen LogP contribution >= 0.6 is 0 Å². The van der Waals surface area contributed by atoms with Crippen molar-refractivity contribution in [3.8, 4) is 0 Å². The lowest BCUT2D eigenvalue weighted by molar-refractivity contribution is -0.130. The van der Waals surface area contributed by atoms with E-state index in [1.807, 2.05) is 36.4 Å². The van der Waals surface area contributed by atoms with Gasteiger partial charge in [0, 0.05) is 23.8 Å². The topological polar surface area (TPSA) is 42.6 Å². The van der Waals surface area contributed by atoms with Gasteiger partial charge in [0.25, 0.3) is 0 Å². The first-order valence-corrected chi connectivity index (χ1v) is 6.61. The maximum absolute atomic E-state index is 11.9. The summed E-state index contributed by atoms with van der Waals surface area (Å²) in [4.78, 5) is 3.66. The maximum Gasteiger partial charge on any atom is 0.138 e. The highest BCUT2D eigenvalue weighted by Gasteiger charge is 2.13. The Morgan fingerprint density at radius 2 is 1.55 bits per heavy atom. The quantitative estimate of drug-likeness (QED) is 0.773. The highest BCUT2D eigenvalue weighted by atomic mass is 19.3. The van der Waals surface area contributed by atoms with Crippen LogP contribution in [0.3, 0.4) is 0 Å². The fourth-order valence-electron chi connectivity index (χ4n) is 2.60.